The summed E-state index contributed by atoms with van der Waals surface area (Å²) in [6.07, 6.45) is 9.44. The first-order valence-corrected chi connectivity index (χ1v) is 14.3. The van der Waals surface area contributed by atoms with Gasteiger partial charge in [0, 0.05) is 81.7 Å². The van der Waals surface area contributed by atoms with Gasteiger partial charge in [0.25, 0.3) is 0 Å². The molecule has 7 fully saturated rings. The molecule has 6 heteroatoms. The lowest BCUT2D eigenvalue weighted by Gasteiger charge is -2.65. The van der Waals surface area contributed by atoms with Gasteiger partial charge in [-0.3, -0.25) is 14.7 Å². The fourth-order valence-corrected chi connectivity index (χ4v) is 8.94. The summed E-state index contributed by atoms with van der Waals surface area (Å²) in [7, 11) is 0. The van der Waals surface area contributed by atoms with Crippen LogP contribution >= 0.6 is 0 Å². The molecule has 188 valence electrons. The van der Waals surface area contributed by atoms with Crippen molar-refractivity contribution < 1.29 is 4.74 Å². The fourth-order valence-electron chi connectivity index (χ4n) is 8.94. The van der Waals surface area contributed by atoms with Gasteiger partial charge >= 0.3 is 0 Å². The van der Waals surface area contributed by atoms with Crippen LogP contribution in [0.4, 0.5) is 0 Å². The fraction of sp³-hybridized carbons (Fsp3) is 0.857. The standard InChI is InChI=1S/C28H45N5O/c1-20-11-22-12-23(17-30(15-20)16-22)27-14-29-18-28(33(27)25-3-4-25)19-32-6-5-24(28)13-26(32)21(2)31-7-9-34-10-8-31/h11,20,23-27,29H,2-10,12-19H2,1H3. The minimum atomic E-state index is 0.327. The summed E-state index contributed by atoms with van der Waals surface area (Å²) in [6.45, 7) is 19.4. The SMILES string of the molecule is C=C(C1CC2CCN1CC21CNCC(C2CC3=CC(C)CN(C3)C2)N1C1CC1)N1CCOCC1. The normalized spacial score (nSPS) is 47.0. The summed E-state index contributed by atoms with van der Waals surface area (Å²) in [5.41, 5.74) is 3.42. The first-order chi connectivity index (χ1) is 16.6. The molecule has 7 heterocycles. The van der Waals surface area contributed by atoms with Gasteiger partial charge in [0.15, 0.2) is 0 Å². The highest BCUT2D eigenvalue weighted by Gasteiger charge is 2.60. The second-order valence-electron chi connectivity index (χ2n) is 12.7. The molecule has 6 nitrogen and oxygen atoms in total. The average Bonchev–Trinajstić information content (AvgIpc) is 3.68. The topological polar surface area (TPSA) is 34.2 Å². The van der Waals surface area contributed by atoms with Crippen LogP contribution in [0.15, 0.2) is 23.9 Å². The van der Waals surface area contributed by atoms with Crippen molar-refractivity contribution in [3.05, 3.63) is 23.9 Å². The summed E-state index contributed by atoms with van der Waals surface area (Å²) in [6, 6.07) is 2.07. The van der Waals surface area contributed by atoms with E-state index in [4.69, 9.17) is 4.74 Å². The van der Waals surface area contributed by atoms with Gasteiger partial charge in [-0.1, -0.05) is 25.2 Å². The molecule has 0 aromatic rings. The predicted octanol–water partition coefficient (Wildman–Crippen LogP) is 2.00. The van der Waals surface area contributed by atoms with E-state index in [0.29, 0.717) is 17.6 Å². The van der Waals surface area contributed by atoms with Crippen LogP contribution in [0.1, 0.15) is 39.0 Å². The van der Waals surface area contributed by atoms with Gasteiger partial charge in [-0.05, 0) is 56.4 Å². The number of morpholine rings is 1. The van der Waals surface area contributed by atoms with Crippen LogP contribution in [0.25, 0.3) is 0 Å². The van der Waals surface area contributed by atoms with Crippen molar-refractivity contribution >= 4 is 0 Å². The Labute approximate surface area is 206 Å². The maximum Gasteiger partial charge on any atom is 0.0642 e. The monoisotopic (exact) mass is 467 g/mol. The number of hydrogen-bond donors (Lipinski definition) is 1. The van der Waals surface area contributed by atoms with E-state index >= 15 is 0 Å². The van der Waals surface area contributed by atoms with Crippen LogP contribution in [0.2, 0.25) is 0 Å². The Morgan fingerprint density at radius 3 is 2.74 bits per heavy atom. The van der Waals surface area contributed by atoms with Crippen LogP contribution in [0, 0.1) is 17.8 Å². The molecule has 8 unspecified atom stereocenters. The van der Waals surface area contributed by atoms with Gasteiger partial charge in [-0.2, -0.15) is 0 Å². The third-order valence-corrected chi connectivity index (χ3v) is 10.4. The number of piperidine rings is 4. The first-order valence-electron chi connectivity index (χ1n) is 14.3. The molecule has 0 aromatic heterocycles. The third kappa shape index (κ3) is 3.71. The van der Waals surface area contributed by atoms with E-state index in [1.807, 2.05) is 0 Å². The van der Waals surface area contributed by atoms with Crippen molar-refractivity contribution in [3.8, 4) is 0 Å². The lowest BCUT2D eigenvalue weighted by Crippen LogP contribution is -2.79. The average molecular weight is 468 g/mol. The highest BCUT2D eigenvalue weighted by molar-refractivity contribution is 5.22. The number of rotatable bonds is 4. The lowest BCUT2D eigenvalue weighted by molar-refractivity contribution is -0.137. The minimum Gasteiger partial charge on any atom is -0.378 e. The van der Waals surface area contributed by atoms with E-state index in [0.717, 1.165) is 50.1 Å². The molecule has 0 amide bonds. The number of nitrogens with zero attached hydrogens (tertiary/aromatic N) is 4. The van der Waals surface area contributed by atoms with Crippen molar-refractivity contribution in [1.82, 2.24) is 24.9 Å². The van der Waals surface area contributed by atoms with Crippen molar-refractivity contribution in [1.29, 1.82) is 0 Å². The van der Waals surface area contributed by atoms with Gasteiger partial charge < -0.3 is 15.0 Å². The van der Waals surface area contributed by atoms with E-state index in [1.54, 1.807) is 5.57 Å². The van der Waals surface area contributed by atoms with Crippen LogP contribution in [0.5, 0.6) is 0 Å². The van der Waals surface area contributed by atoms with E-state index in [9.17, 15) is 0 Å². The van der Waals surface area contributed by atoms with Gasteiger partial charge in [-0.25, -0.2) is 0 Å². The van der Waals surface area contributed by atoms with Crippen LogP contribution in [-0.2, 0) is 4.74 Å². The molecule has 7 aliphatic heterocycles. The number of ether oxygens (including phenoxy) is 1. The second kappa shape index (κ2) is 8.58. The molecule has 1 spiro atoms. The number of piperazine rings is 1. The Morgan fingerprint density at radius 2 is 2.00 bits per heavy atom. The number of nitrogens with one attached hydrogen (secondary N) is 1. The molecule has 0 radical (unpaired) electrons. The predicted molar refractivity (Wildman–Crippen MR) is 136 cm³/mol. The zero-order chi connectivity index (χ0) is 22.9. The molecule has 8 aliphatic rings. The quantitative estimate of drug-likeness (QED) is 0.637. The third-order valence-electron chi connectivity index (χ3n) is 10.4. The molecular formula is C28H45N5O. The van der Waals surface area contributed by atoms with Crippen molar-refractivity contribution in [2.24, 2.45) is 17.8 Å². The highest BCUT2D eigenvalue weighted by atomic mass is 16.5. The highest BCUT2D eigenvalue weighted by Crippen LogP contribution is 2.51. The van der Waals surface area contributed by atoms with Crippen molar-refractivity contribution in [2.45, 2.75) is 62.7 Å². The first kappa shape index (κ1) is 22.3. The molecule has 4 bridgehead atoms. The molecular weight excluding hydrogens is 422 g/mol. The molecule has 0 aromatic carbocycles. The Bertz CT molecular complexity index is 835. The van der Waals surface area contributed by atoms with Crippen molar-refractivity contribution in [2.75, 3.05) is 72.1 Å². The molecule has 1 aliphatic carbocycles. The second-order valence-corrected chi connectivity index (χ2v) is 12.7. The minimum absolute atomic E-state index is 0.327. The van der Waals surface area contributed by atoms with E-state index < -0.39 is 0 Å². The Kier molecular flexibility index (Phi) is 5.63. The zero-order valence-corrected chi connectivity index (χ0v) is 21.3. The summed E-state index contributed by atoms with van der Waals surface area (Å²) in [5.74, 6) is 2.31. The van der Waals surface area contributed by atoms with E-state index in [1.165, 1.54) is 83.6 Å². The Hall–Kier alpha value is -0.920. The molecule has 8 rings (SSSR count). The Morgan fingerprint density at radius 1 is 1.15 bits per heavy atom. The lowest BCUT2D eigenvalue weighted by atomic mass is 9.66. The molecule has 8 atom stereocenters. The smallest absolute Gasteiger partial charge is 0.0642 e. The van der Waals surface area contributed by atoms with Crippen LogP contribution in [-0.4, -0.2) is 115 Å². The van der Waals surface area contributed by atoms with Gasteiger partial charge in [0.05, 0.1) is 13.2 Å². The number of hydrogen-bond acceptors (Lipinski definition) is 6. The van der Waals surface area contributed by atoms with Gasteiger partial charge in [-0.15, -0.1) is 0 Å². The van der Waals surface area contributed by atoms with E-state index in [-0.39, 0.29) is 0 Å². The maximum atomic E-state index is 5.62. The van der Waals surface area contributed by atoms with Crippen molar-refractivity contribution in [3.63, 3.8) is 0 Å². The zero-order valence-electron chi connectivity index (χ0n) is 21.3. The molecule has 6 saturated heterocycles. The maximum absolute atomic E-state index is 5.62. The molecule has 1 saturated carbocycles. The van der Waals surface area contributed by atoms with Gasteiger partial charge in [0.1, 0.15) is 0 Å². The largest absolute Gasteiger partial charge is 0.378 e. The summed E-state index contributed by atoms with van der Waals surface area (Å²) >= 11 is 0. The number of fused-ring (bicyclic) bond motifs is 4. The summed E-state index contributed by atoms with van der Waals surface area (Å²) in [5, 5.41) is 4.02. The van der Waals surface area contributed by atoms with Crippen LogP contribution in [0.3, 0.4) is 0 Å². The van der Waals surface area contributed by atoms with E-state index in [2.05, 4.69) is 44.5 Å². The summed E-state index contributed by atoms with van der Waals surface area (Å²) < 4.78 is 5.62. The Balaban J connectivity index is 1.13. The van der Waals surface area contributed by atoms with Crippen LogP contribution < -0.4 is 5.32 Å². The molecule has 34 heavy (non-hydrogen) atoms. The summed E-state index contributed by atoms with van der Waals surface area (Å²) in [4.78, 5) is 11.3. The molecule has 1 N–H and O–H groups in total. The van der Waals surface area contributed by atoms with Gasteiger partial charge in [0.2, 0.25) is 0 Å².